The van der Waals surface area contributed by atoms with E-state index in [0.717, 1.165) is 0 Å². The van der Waals surface area contributed by atoms with Crippen molar-refractivity contribution >= 4 is 45.0 Å². The molecule has 0 saturated carbocycles. The Morgan fingerprint density at radius 3 is 1.86 bits per heavy atom. The van der Waals surface area contributed by atoms with E-state index in [-0.39, 0.29) is 10.8 Å². The molecule has 3 rings (SSSR count). The number of rotatable bonds is 5. The topological polar surface area (TPSA) is 113 Å². The Morgan fingerprint density at radius 1 is 0.862 bits per heavy atom. The molecule has 0 aliphatic heterocycles. The Bertz CT molecular complexity index is 1110. The molecule has 3 aromatic rings. The van der Waals surface area contributed by atoms with Gasteiger partial charge in [-0.3, -0.25) is 0 Å². The van der Waals surface area contributed by atoms with E-state index in [1.54, 1.807) is 44.2 Å². The van der Waals surface area contributed by atoms with Crippen molar-refractivity contribution in [3.63, 3.8) is 0 Å². The summed E-state index contributed by atoms with van der Waals surface area (Å²) in [7, 11) is -3.86. The van der Waals surface area contributed by atoms with Crippen molar-refractivity contribution in [2.45, 2.75) is 18.7 Å². The smallest absolute Gasteiger partial charge is 0.308 e. The molecule has 0 aliphatic carbocycles. The molecule has 8 nitrogen and oxygen atoms in total. The Balaban J connectivity index is 1.67. The van der Waals surface area contributed by atoms with Gasteiger partial charge in [-0.2, -0.15) is 0 Å². The Kier molecular flexibility index (Phi) is 6.00. The van der Waals surface area contributed by atoms with Crippen molar-refractivity contribution in [2.75, 3.05) is 15.4 Å². The van der Waals surface area contributed by atoms with Crippen molar-refractivity contribution in [1.82, 2.24) is 9.97 Å². The van der Waals surface area contributed by atoms with E-state index in [2.05, 4.69) is 25.3 Å². The van der Waals surface area contributed by atoms with Crippen LogP contribution in [0.3, 0.4) is 0 Å². The summed E-state index contributed by atoms with van der Waals surface area (Å²) >= 11 is 5.81. The Morgan fingerprint density at radius 2 is 1.34 bits per heavy atom. The second kappa shape index (κ2) is 8.46. The third kappa shape index (κ3) is 5.66. The van der Waals surface area contributed by atoms with E-state index >= 15 is 0 Å². The number of urea groups is 1. The van der Waals surface area contributed by atoms with Gasteiger partial charge in [0.2, 0.25) is 5.95 Å². The fourth-order valence-electron chi connectivity index (χ4n) is 2.49. The minimum Gasteiger partial charge on any atom is -0.308 e. The molecular formula is C19H18ClN5O3S. The quantitative estimate of drug-likeness (QED) is 0.560. The molecule has 1 heterocycles. The van der Waals surface area contributed by atoms with E-state index in [9.17, 15) is 13.2 Å². The van der Waals surface area contributed by atoms with Gasteiger partial charge < -0.3 is 10.6 Å². The maximum Gasteiger partial charge on any atom is 0.323 e. The molecule has 2 amide bonds. The van der Waals surface area contributed by atoms with E-state index in [1.807, 2.05) is 0 Å². The minimum atomic E-state index is -3.86. The molecule has 0 bridgehead atoms. The zero-order valence-electron chi connectivity index (χ0n) is 15.6. The number of aryl methyl sites for hydroxylation is 2. The van der Waals surface area contributed by atoms with Gasteiger partial charge in [0.25, 0.3) is 10.0 Å². The van der Waals surface area contributed by atoms with Gasteiger partial charge in [0, 0.05) is 27.8 Å². The van der Waals surface area contributed by atoms with Crippen LogP contribution in [0, 0.1) is 13.8 Å². The van der Waals surface area contributed by atoms with Gasteiger partial charge >= 0.3 is 6.03 Å². The highest BCUT2D eigenvalue weighted by molar-refractivity contribution is 7.92. The molecule has 0 radical (unpaired) electrons. The standard InChI is InChI=1S/C19H18ClN5O3S/c1-12-11-13(2)22-18(21-12)25-29(27,28)17-9-7-16(8-10-17)24-19(26)23-15-5-3-14(20)4-6-15/h3-11H,1-2H3,(H,21,22,25)(H2,23,24,26). The highest BCUT2D eigenvalue weighted by Crippen LogP contribution is 2.18. The summed E-state index contributed by atoms with van der Waals surface area (Å²) in [5, 5.41) is 5.84. The number of anilines is 3. The average molecular weight is 432 g/mol. The van der Waals surface area contributed by atoms with Gasteiger partial charge in [0.15, 0.2) is 0 Å². The first-order chi connectivity index (χ1) is 13.7. The number of nitrogens with one attached hydrogen (secondary N) is 3. The fraction of sp³-hybridized carbons (Fsp3) is 0.105. The number of carbonyl (C=O) groups is 1. The molecule has 0 saturated heterocycles. The van der Waals surface area contributed by atoms with Gasteiger partial charge in [0.1, 0.15) is 0 Å². The largest absolute Gasteiger partial charge is 0.323 e. The number of hydrogen-bond acceptors (Lipinski definition) is 5. The lowest BCUT2D eigenvalue weighted by atomic mass is 10.3. The van der Waals surface area contributed by atoms with E-state index in [0.29, 0.717) is 27.8 Å². The number of carbonyl (C=O) groups excluding carboxylic acids is 1. The Labute approximate surface area is 173 Å². The molecule has 0 aliphatic rings. The van der Waals surface area contributed by atoms with Crippen molar-refractivity contribution in [1.29, 1.82) is 0 Å². The summed E-state index contributed by atoms with van der Waals surface area (Å²) < 4.78 is 27.4. The predicted molar refractivity (Wildman–Crippen MR) is 113 cm³/mol. The van der Waals surface area contributed by atoms with E-state index < -0.39 is 16.1 Å². The summed E-state index contributed by atoms with van der Waals surface area (Å²) in [6, 6.07) is 13.6. The third-order valence-corrected chi connectivity index (χ3v) is 5.33. The highest BCUT2D eigenvalue weighted by atomic mass is 35.5. The lowest BCUT2D eigenvalue weighted by Gasteiger charge is -2.10. The molecule has 3 N–H and O–H groups in total. The van der Waals surface area contributed by atoms with Crippen molar-refractivity contribution in [3.8, 4) is 0 Å². The molecule has 29 heavy (non-hydrogen) atoms. The molecule has 0 spiro atoms. The van der Waals surface area contributed by atoms with E-state index in [1.165, 1.54) is 24.3 Å². The zero-order chi connectivity index (χ0) is 21.0. The average Bonchev–Trinajstić information content (AvgIpc) is 2.63. The van der Waals surface area contributed by atoms with Crippen LogP contribution in [-0.4, -0.2) is 24.4 Å². The first-order valence-corrected chi connectivity index (χ1v) is 10.4. The number of nitrogens with zero attached hydrogens (tertiary/aromatic N) is 2. The third-order valence-electron chi connectivity index (χ3n) is 3.73. The van der Waals surface area contributed by atoms with Gasteiger partial charge in [-0.05, 0) is 68.4 Å². The summed E-state index contributed by atoms with van der Waals surface area (Å²) in [5.41, 5.74) is 2.31. The second-order valence-electron chi connectivity index (χ2n) is 6.19. The van der Waals surface area contributed by atoms with Crippen LogP contribution in [0.2, 0.25) is 5.02 Å². The molecular weight excluding hydrogens is 414 g/mol. The fourth-order valence-corrected chi connectivity index (χ4v) is 3.56. The number of aromatic nitrogens is 2. The van der Waals surface area contributed by atoms with Crippen molar-refractivity contribution in [2.24, 2.45) is 0 Å². The number of sulfonamides is 1. The summed E-state index contributed by atoms with van der Waals surface area (Å²) in [5.74, 6) is 0.00652. The number of hydrogen-bond donors (Lipinski definition) is 3. The molecule has 2 aromatic carbocycles. The van der Waals surface area contributed by atoms with Gasteiger partial charge in [-0.1, -0.05) is 11.6 Å². The second-order valence-corrected chi connectivity index (χ2v) is 8.31. The molecule has 0 atom stereocenters. The van der Waals surface area contributed by atoms with Crippen LogP contribution in [0.1, 0.15) is 11.4 Å². The SMILES string of the molecule is Cc1cc(C)nc(NS(=O)(=O)c2ccc(NC(=O)Nc3ccc(Cl)cc3)cc2)n1. The van der Waals surface area contributed by atoms with Crippen LogP contribution >= 0.6 is 11.6 Å². The van der Waals surface area contributed by atoms with Gasteiger partial charge in [-0.25, -0.2) is 27.9 Å². The van der Waals surface area contributed by atoms with Crippen LogP contribution in [-0.2, 0) is 10.0 Å². The first-order valence-electron chi connectivity index (χ1n) is 8.50. The van der Waals surface area contributed by atoms with E-state index in [4.69, 9.17) is 11.6 Å². The molecule has 0 fully saturated rings. The van der Waals surface area contributed by atoms with Crippen LogP contribution in [0.25, 0.3) is 0 Å². The van der Waals surface area contributed by atoms with Crippen LogP contribution in [0.4, 0.5) is 22.1 Å². The lowest BCUT2D eigenvalue weighted by molar-refractivity contribution is 0.262. The normalized spacial score (nSPS) is 11.0. The molecule has 150 valence electrons. The molecule has 10 heteroatoms. The van der Waals surface area contributed by atoms with Crippen LogP contribution in [0.15, 0.2) is 59.5 Å². The highest BCUT2D eigenvalue weighted by Gasteiger charge is 2.16. The van der Waals surface area contributed by atoms with Gasteiger partial charge in [-0.15, -0.1) is 0 Å². The monoisotopic (exact) mass is 431 g/mol. The summed E-state index contributed by atoms with van der Waals surface area (Å²) in [6.45, 7) is 3.50. The Hall–Kier alpha value is -3.17. The maximum atomic E-state index is 12.5. The zero-order valence-corrected chi connectivity index (χ0v) is 17.2. The van der Waals surface area contributed by atoms with Crippen LogP contribution < -0.4 is 15.4 Å². The van der Waals surface area contributed by atoms with Crippen LogP contribution in [0.5, 0.6) is 0 Å². The van der Waals surface area contributed by atoms with Crippen molar-refractivity contribution < 1.29 is 13.2 Å². The van der Waals surface area contributed by atoms with Crippen molar-refractivity contribution in [3.05, 3.63) is 71.0 Å². The molecule has 0 unspecified atom stereocenters. The number of amides is 2. The lowest BCUT2D eigenvalue weighted by Crippen LogP contribution is -2.19. The maximum absolute atomic E-state index is 12.5. The minimum absolute atomic E-state index is 0.00652. The summed E-state index contributed by atoms with van der Waals surface area (Å²) in [4.78, 5) is 20.2. The number of benzene rings is 2. The molecule has 1 aromatic heterocycles. The van der Waals surface area contributed by atoms with Gasteiger partial charge in [0.05, 0.1) is 4.90 Å². The predicted octanol–water partition coefficient (Wildman–Crippen LogP) is 4.19. The first kappa shape index (κ1) is 20.6. The summed E-state index contributed by atoms with van der Waals surface area (Å²) in [6.07, 6.45) is 0. The number of halogens is 1.